The largest absolute Gasteiger partial charge is 0.339 e. The van der Waals surface area contributed by atoms with Crippen LogP contribution in [0.2, 0.25) is 5.02 Å². The summed E-state index contributed by atoms with van der Waals surface area (Å²) in [5.41, 5.74) is 3.55. The molecule has 0 bridgehead atoms. The number of benzene rings is 4. The standard InChI is InChI=1S/C33H29ClN2O3S/c34-27-10-6-9-25(20-27)22-36-29-21-26(13-14-31(29)40(39)30-12-5-4-11-28(30)33(36)38)32(37)35-17-15-24(16-18-35)19-23-7-2-1-3-8-23/h1-14,20-21,24H,15-19,22H2/t40-/m0/s1. The van der Waals surface area contributed by atoms with E-state index in [0.29, 0.717) is 50.6 Å². The Labute approximate surface area is 241 Å². The van der Waals surface area contributed by atoms with Crippen molar-refractivity contribution < 1.29 is 13.8 Å². The normalized spacial score (nSPS) is 17.2. The van der Waals surface area contributed by atoms with Gasteiger partial charge >= 0.3 is 0 Å². The van der Waals surface area contributed by atoms with Crippen molar-refractivity contribution in [3.05, 3.63) is 124 Å². The van der Waals surface area contributed by atoms with E-state index >= 15 is 0 Å². The van der Waals surface area contributed by atoms with Crippen molar-refractivity contribution >= 4 is 39.9 Å². The predicted octanol–water partition coefficient (Wildman–Crippen LogP) is 6.76. The quantitative estimate of drug-likeness (QED) is 0.267. The van der Waals surface area contributed by atoms with Gasteiger partial charge < -0.3 is 9.80 Å². The van der Waals surface area contributed by atoms with E-state index in [1.54, 1.807) is 53.4 Å². The van der Waals surface area contributed by atoms with Crippen molar-refractivity contribution in [3.63, 3.8) is 0 Å². The summed E-state index contributed by atoms with van der Waals surface area (Å²) >= 11 is 6.24. The van der Waals surface area contributed by atoms with Crippen LogP contribution in [0.25, 0.3) is 0 Å². The molecule has 0 N–H and O–H groups in total. The molecule has 1 atom stereocenters. The number of hydrogen-bond donors (Lipinski definition) is 0. The van der Waals surface area contributed by atoms with Gasteiger partial charge in [-0.15, -0.1) is 0 Å². The average Bonchev–Trinajstić information content (AvgIpc) is 3.07. The van der Waals surface area contributed by atoms with Gasteiger partial charge in [-0.3, -0.25) is 9.59 Å². The molecule has 202 valence electrons. The lowest BCUT2D eigenvalue weighted by Gasteiger charge is -2.32. The Hall–Kier alpha value is -3.74. The van der Waals surface area contributed by atoms with E-state index in [2.05, 4.69) is 24.3 Å². The molecule has 0 saturated carbocycles. The third kappa shape index (κ3) is 5.34. The van der Waals surface area contributed by atoms with Crippen molar-refractivity contribution in [1.29, 1.82) is 0 Å². The fraction of sp³-hybridized carbons (Fsp3) is 0.212. The molecule has 2 aliphatic rings. The minimum Gasteiger partial charge on any atom is -0.339 e. The number of carbonyl (C=O) groups excluding carboxylic acids is 2. The molecule has 1 saturated heterocycles. The monoisotopic (exact) mass is 568 g/mol. The molecule has 7 heteroatoms. The van der Waals surface area contributed by atoms with Crippen molar-refractivity contribution in [2.24, 2.45) is 5.92 Å². The van der Waals surface area contributed by atoms with E-state index in [1.165, 1.54) is 5.56 Å². The van der Waals surface area contributed by atoms with E-state index in [-0.39, 0.29) is 18.4 Å². The number of amides is 2. The Morgan fingerprint density at radius 3 is 2.33 bits per heavy atom. The van der Waals surface area contributed by atoms with Gasteiger partial charge in [-0.2, -0.15) is 0 Å². The van der Waals surface area contributed by atoms with Gasteiger partial charge in [0.2, 0.25) is 0 Å². The van der Waals surface area contributed by atoms with Crippen LogP contribution in [0, 0.1) is 5.92 Å². The molecule has 2 heterocycles. The summed E-state index contributed by atoms with van der Waals surface area (Å²) in [6.45, 7) is 1.62. The highest BCUT2D eigenvalue weighted by molar-refractivity contribution is 7.85. The molecule has 0 unspecified atom stereocenters. The number of anilines is 1. The molecule has 0 aliphatic carbocycles. The van der Waals surface area contributed by atoms with Crippen LogP contribution in [-0.4, -0.2) is 34.0 Å². The number of nitrogens with zero attached hydrogens (tertiary/aromatic N) is 2. The van der Waals surface area contributed by atoms with Crippen molar-refractivity contribution in [2.75, 3.05) is 18.0 Å². The zero-order valence-corrected chi connectivity index (χ0v) is 23.5. The third-order valence-electron chi connectivity index (χ3n) is 7.76. The second-order valence-corrected chi connectivity index (χ2v) is 12.2. The van der Waals surface area contributed by atoms with Crippen LogP contribution >= 0.6 is 11.6 Å². The summed E-state index contributed by atoms with van der Waals surface area (Å²) < 4.78 is 13.7. The molecule has 5 nitrogen and oxygen atoms in total. The van der Waals surface area contributed by atoms with Crippen LogP contribution in [-0.2, 0) is 23.8 Å². The van der Waals surface area contributed by atoms with Crippen LogP contribution in [0.15, 0.2) is 107 Å². The first-order valence-electron chi connectivity index (χ1n) is 13.5. The third-order valence-corrected chi connectivity index (χ3v) is 9.49. The van der Waals surface area contributed by atoms with E-state index < -0.39 is 10.8 Å². The minimum atomic E-state index is -1.58. The Morgan fingerprint density at radius 1 is 0.825 bits per heavy atom. The van der Waals surface area contributed by atoms with Crippen LogP contribution < -0.4 is 4.90 Å². The highest BCUT2D eigenvalue weighted by Gasteiger charge is 2.32. The number of halogens is 1. The van der Waals surface area contributed by atoms with Gasteiger partial charge in [-0.05, 0) is 78.8 Å². The first kappa shape index (κ1) is 26.5. The number of carbonyl (C=O) groups is 2. The molecule has 0 radical (unpaired) electrons. The molecule has 4 aromatic rings. The number of rotatable bonds is 5. The highest BCUT2D eigenvalue weighted by atomic mass is 35.5. The van der Waals surface area contributed by atoms with Crippen molar-refractivity contribution in [3.8, 4) is 0 Å². The van der Waals surface area contributed by atoms with Gasteiger partial charge in [0.15, 0.2) is 0 Å². The smallest absolute Gasteiger partial charge is 0.259 e. The molecule has 0 spiro atoms. The Balaban J connectivity index is 1.29. The second-order valence-electron chi connectivity index (χ2n) is 10.4. The highest BCUT2D eigenvalue weighted by Crippen LogP contribution is 2.36. The number of hydrogen-bond acceptors (Lipinski definition) is 3. The summed E-state index contributed by atoms with van der Waals surface area (Å²) in [4.78, 5) is 32.0. The number of fused-ring (bicyclic) bond motifs is 2. The molecule has 0 aromatic heterocycles. The maximum Gasteiger partial charge on any atom is 0.259 e. The lowest BCUT2D eigenvalue weighted by Crippen LogP contribution is -2.39. The van der Waals surface area contributed by atoms with Crippen molar-refractivity contribution in [1.82, 2.24) is 4.90 Å². The van der Waals surface area contributed by atoms with Crippen molar-refractivity contribution in [2.45, 2.75) is 35.6 Å². The fourth-order valence-electron chi connectivity index (χ4n) is 5.64. The minimum absolute atomic E-state index is 0.0661. The molecule has 40 heavy (non-hydrogen) atoms. The molecule has 2 amide bonds. The second kappa shape index (κ2) is 11.4. The molecular weight excluding hydrogens is 540 g/mol. The topological polar surface area (TPSA) is 57.7 Å². The molecule has 6 rings (SSSR count). The maximum absolute atomic E-state index is 13.9. The SMILES string of the molecule is O=C(c1ccc2c(c1)N(Cc1cccc(Cl)c1)C(=O)c1ccccc1[S@@]2=O)N1CCC(Cc2ccccc2)CC1. The van der Waals surface area contributed by atoms with Crippen LogP contribution in [0.5, 0.6) is 0 Å². The zero-order chi connectivity index (χ0) is 27.6. The van der Waals surface area contributed by atoms with E-state index in [0.717, 1.165) is 24.8 Å². The first-order valence-corrected chi connectivity index (χ1v) is 15.0. The van der Waals surface area contributed by atoms with E-state index in [1.807, 2.05) is 29.2 Å². The summed E-state index contributed by atoms with van der Waals surface area (Å²) in [6, 6.07) is 30.0. The van der Waals surface area contributed by atoms with Gasteiger partial charge in [0.05, 0.1) is 38.4 Å². The lowest BCUT2D eigenvalue weighted by molar-refractivity contribution is 0.0690. The average molecular weight is 569 g/mol. The fourth-order valence-corrected chi connectivity index (χ4v) is 7.20. The Bertz CT molecular complexity index is 1600. The molecule has 1 fully saturated rings. The van der Waals surface area contributed by atoms with Gasteiger partial charge in [-0.1, -0.05) is 66.2 Å². The first-order chi connectivity index (χ1) is 19.5. The molecular formula is C33H29ClN2O3S. The summed E-state index contributed by atoms with van der Waals surface area (Å²) in [6.07, 6.45) is 2.92. The van der Waals surface area contributed by atoms with Gasteiger partial charge in [-0.25, -0.2) is 4.21 Å². The Kier molecular flexibility index (Phi) is 7.55. The molecule has 4 aromatic carbocycles. The van der Waals surface area contributed by atoms with Gasteiger partial charge in [0.1, 0.15) is 0 Å². The Morgan fingerprint density at radius 2 is 1.55 bits per heavy atom. The van der Waals surface area contributed by atoms with Crippen LogP contribution in [0.4, 0.5) is 5.69 Å². The van der Waals surface area contributed by atoms with Gasteiger partial charge in [0.25, 0.3) is 11.8 Å². The summed E-state index contributed by atoms with van der Waals surface area (Å²) in [5, 5.41) is 0.573. The van der Waals surface area contributed by atoms with E-state index in [9.17, 15) is 13.8 Å². The number of likely N-dealkylation sites (tertiary alicyclic amines) is 1. The summed E-state index contributed by atoms with van der Waals surface area (Å²) in [5.74, 6) is 0.225. The number of piperidine rings is 1. The van der Waals surface area contributed by atoms with E-state index in [4.69, 9.17) is 11.6 Å². The van der Waals surface area contributed by atoms with Gasteiger partial charge in [0, 0.05) is 23.7 Å². The maximum atomic E-state index is 13.9. The summed E-state index contributed by atoms with van der Waals surface area (Å²) in [7, 11) is -1.58. The lowest BCUT2D eigenvalue weighted by atomic mass is 9.90. The van der Waals surface area contributed by atoms with Crippen LogP contribution in [0.1, 0.15) is 44.7 Å². The molecule has 2 aliphatic heterocycles. The predicted molar refractivity (Wildman–Crippen MR) is 158 cm³/mol. The zero-order valence-electron chi connectivity index (χ0n) is 22.0. The van der Waals surface area contributed by atoms with Crippen LogP contribution in [0.3, 0.4) is 0 Å².